The van der Waals surface area contributed by atoms with Crippen LogP contribution in [0.2, 0.25) is 0 Å². The van der Waals surface area contributed by atoms with Crippen LogP contribution in [-0.2, 0) is 0 Å². The normalized spacial score (nSPS) is 17.5. The average molecular weight is 346 g/mol. The number of carbonyl (C=O) groups excluding carboxylic acids is 1. The fourth-order valence-electron chi connectivity index (χ4n) is 2.99. The van der Waals surface area contributed by atoms with Crippen LogP contribution in [0, 0.1) is 5.92 Å². The topological polar surface area (TPSA) is 78.4 Å². The van der Waals surface area contributed by atoms with E-state index in [0.29, 0.717) is 24.7 Å². The lowest BCUT2D eigenvalue weighted by Crippen LogP contribution is -2.40. The molecular weight excluding hydrogens is 324 g/mol. The highest BCUT2D eigenvalue weighted by Crippen LogP contribution is 2.20. The zero-order valence-electron chi connectivity index (χ0n) is 13.5. The van der Waals surface area contributed by atoms with Crippen molar-refractivity contribution < 1.29 is 9.90 Å². The number of β-amino-alcohol motifs (C(OH)–C–C–N with tert-alkyl or cyclic N) is 1. The van der Waals surface area contributed by atoms with Crippen molar-refractivity contribution in [2.24, 2.45) is 5.92 Å². The lowest BCUT2D eigenvalue weighted by Gasteiger charge is -2.33. The minimum absolute atomic E-state index is 0.148. The molecule has 1 saturated heterocycles. The molecule has 1 aliphatic heterocycles. The van der Waals surface area contributed by atoms with Crippen molar-refractivity contribution in [2.75, 3.05) is 26.2 Å². The van der Waals surface area contributed by atoms with E-state index in [-0.39, 0.29) is 5.91 Å². The highest BCUT2D eigenvalue weighted by atomic mass is 32.1. The van der Waals surface area contributed by atoms with Crippen LogP contribution in [-0.4, -0.2) is 50.8 Å². The van der Waals surface area contributed by atoms with Crippen molar-refractivity contribution in [3.8, 4) is 0 Å². The van der Waals surface area contributed by atoms with Crippen LogP contribution < -0.4 is 5.32 Å². The third kappa shape index (κ3) is 4.59. The molecule has 1 aromatic carbocycles. The molecule has 0 saturated carbocycles. The summed E-state index contributed by atoms with van der Waals surface area (Å²) in [7, 11) is 0. The number of aliphatic hydroxyl groups excluding tert-OH is 1. The molecule has 7 heteroatoms. The zero-order valence-corrected chi connectivity index (χ0v) is 14.3. The summed E-state index contributed by atoms with van der Waals surface area (Å²) in [4.78, 5) is 14.2. The Hall–Kier alpha value is -1.83. The molecule has 0 aliphatic carbocycles. The van der Waals surface area contributed by atoms with Crippen molar-refractivity contribution in [3.63, 3.8) is 0 Å². The number of likely N-dealkylation sites (tertiary alicyclic amines) is 1. The molecule has 0 bridgehead atoms. The first-order valence-electron chi connectivity index (χ1n) is 8.23. The van der Waals surface area contributed by atoms with E-state index >= 15 is 0 Å². The van der Waals surface area contributed by atoms with Crippen LogP contribution in [0.4, 0.5) is 0 Å². The largest absolute Gasteiger partial charge is 0.387 e. The van der Waals surface area contributed by atoms with Gasteiger partial charge in [-0.3, -0.25) is 4.79 Å². The van der Waals surface area contributed by atoms with Crippen LogP contribution in [0.1, 0.15) is 35.0 Å². The average Bonchev–Trinajstić information content (AvgIpc) is 3.16. The number of piperidine rings is 1. The third-order valence-corrected chi connectivity index (χ3v) is 4.95. The molecule has 2 aromatic rings. The van der Waals surface area contributed by atoms with E-state index in [2.05, 4.69) is 19.0 Å². The molecule has 1 unspecified atom stereocenters. The van der Waals surface area contributed by atoms with Gasteiger partial charge in [-0.2, -0.15) is 8.75 Å². The Bertz CT molecular complexity index is 627. The van der Waals surface area contributed by atoms with Gasteiger partial charge in [0.1, 0.15) is 0 Å². The highest BCUT2D eigenvalue weighted by Gasteiger charge is 2.22. The molecule has 1 fully saturated rings. The van der Waals surface area contributed by atoms with E-state index in [9.17, 15) is 9.90 Å². The van der Waals surface area contributed by atoms with Crippen LogP contribution in [0.15, 0.2) is 36.5 Å². The van der Waals surface area contributed by atoms with Crippen molar-refractivity contribution in [1.29, 1.82) is 0 Å². The van der Waals surface area contributed by atoms with E-state index in [1.165, 1.54) is 6.20 Å². The van der Waals surface area contributed by atoms with Gasteiger partial charge < -0.3 is 15.3 Å². The molecule has 1 aromatic heterocycles. The van der Waals surface area contributed by atoms with E-state index < -0.39 is 6.10 Å². The van der Waals surface area contributed by atoms with Gasteiger partial charge in [-0.25, -0.2) is 0 Å². The van der Waals surface area contributed by atoms with Gasteiger partial charge in [-0.05, 0) is 37.4 Å². The summed E-state index contributed by atoms with van der Waals surface area (Å²) in [5.41, 5.74) is 1.35. The quantitative estimate of drug-likeness (QED) is 0.833. The molecule has 2 N–H and O–H groups in total. The van der Waals surface area contributed by atoms with Crippen molar-refractivity contribution in [3.05, 3.63) is 47.8 Å². The van der Waals surface area contributed by atoms with Crippen LogP contribution >= 0.6 is 11.7 Å². The molecule has 2 heterocycles. The van der Waals surface area contributed by atoms with Crippen LogP contribution in [0.3, 0.4) is 0 Å². The standard InChI is InChI=1S/C17H22N4O2S/c22-16(14-4-2-1-3-5-14)12-21-8-6-13(7-9-21)10-18-17(23)15-11-19-24-20-15/h1-5,11,13,16,22H,6-10,12H2,(H,18,23). The second-order valence-corrected chi connectivity index (χ2v) is 6.73. The van der Waals surface area contributed by atoms with E-state index in [4.69, 9.17) is 0 Å². The Kier molecular flexibility index (Phi) is 5.90. The van der Waals surface area contributed by atoms with Gasteiger partial charge in [0.15, 0.2) is 5.69 Å². The fraction of sp³-hybridized carbons (Fsp3) is 0.471. The molecule has 0 radical (unpaired) electrons. The smallest absolute Gasteiger partial charge is 0.272 e. The maximum Gasteiger partial charge on any atom is 0.272 e. The van der Waals surface area contributed by atoms with Gasteiger partial charge in [-0.15, -0.1) is 0 Å². The Labute approximate surface area is 145 Å². The number of nitrogens with one attached hydrogen (secondary N) is 1. The summed E-state index contributed by atoms with van der Waals surface area (Å²) in [5, 5.41) is 13.2. The van der Waals surface area contributed by atoms with Gasteiger partial charge in [0, 0.05) is 13.1 Å². The predicted octanol–water partition coefficient (Wildman–Crippen LogP) is 1.71. The molecular formula is C17H22N4O2S. The molecule has 1 aliphatic rings. The van der Waals surface area contributed by atoms with Gasteiger partial charge in [0.05, 0.1) is 24.0 Å². The Morgan fingerprint density at radius 2 is 2.08 bits per heavy atom. The molecule has 128 valence electrons. The number of hydrogen-bond acceptors (Lipinski definition) is 6. The van der Waals surface area contributed by atoms with E-state index in [1.807, 2.05) is 30.3 Å². The summed E-state index contributed by atoms with van der Waals surface area (Å²) >= 11 is 1.04. The van der Waals surface area contributed by atoms with Crippen molar-refractivity contribution in [2.45, 2.75) is 18.9 Å². The van der Waals surface area contributed by atoms with Crippen LogP contribution in [0.5, 0.6) is 0 Å². The Morgan fingerprint density at radius 1 is 1.33 bits per heavy atom. The van der Waals surface area contributed by atoms with E-state index in [1.54, 1.807) is 0 Å². The van der Waals surface area contributed by atoms with Crippen molar-refractivity contribution >= 4 is 17.6 Å². The second kappa shape index (κ2) is 8.32. The first kappa shape index (κ1) is 17.0. The predicted molar refractivity (Wildman–Crippen MR) is 92.8 cm³/mol. The number of hydrogen-bond donors (Lipinski definition) is 2. The molecule has 0 spiro atoms. The Morgan fingerprint density at radius 3 is 2.75 bits per heavy atom. The van der Waals surface area contributed by atoms with Gasteiger partial charge in [0.2, 0.25) is 0 Å². The molecule has 6 nitrogen and oxygen atoms in total. The number of aromatic nitrogens is 2. The fourth-order valence-corrected chi connectivity index (χ4v) is 3.40. The lowest BCUT2D eigenvalue weighted by atomic mass is 9.96. The van der Waals surface area contributed by atoms with E-state index in [0.717, 1.165) is 43.2 Å². The molecule has 24 heavy (non-hydrogen) atoms. The number of aliphatic hydroxyl groups is 1. The summed E-state index contributed by atoms with van der Waals surface area (Å²) in [5.74, 6) is 0.330. The Balaban J connectivity index is 1.39. The number of amides is 1. The molecule has 1 atom stereocenters. The number of carbonyl (C=O) groups is 1. The summed E-state index contributed by atoms with van der Waals surface area (Å²) in [6.07, 6.45) is 3.10. The first-order valence-corrected chi connectivity index (χ1v) is 8.96. The third-order valence-electron chi connectivity index (χ3n) is 4.47. The van der Waals surface area contributed by atoms with Crippen LogP contribution in [0.25, 0.3) is 0 Å². The van der Waals surface area contributed by atoms with Gasteiger partial charge in [0.25, 0.3) is 5.91 Å². The maximum atomic E-state index is 11.9. The monoisotopic (exact) mass is 346 g/mol. The summed E-state index contributed by atoms with van der Waals surface area (Å²) in [6.45, 7) is 3.23. The lowest BCUT2D eigenvalue weighted by molar-refractivity contribution is 0.0850. The zero-order chi connectivity index (χ0) is 16.8. The van der Waals surface area contributed by atoms with Gasteiger partial charge >= 0.3 is 0 Å². The maximum absolute atomic E-state index is 11.9. The number of rotatable bonds is 6. The number of nitrogens with zero attached hydrogens (tertiary/aromatic N) is 3. The van der Waals surface area contributed by atoms with Gasteiger partial charge in [-0.1, -0.05) is 30.3 Å². The minimum atomic E-state index is -0.445. The SMILES string of the molecule is O=C(NCC1CCN(CC(O)c2ccccc2)CC1)c1cnsn1. The summed E-state index contributed by atoms with van der Waals surface area (Å²) in [6, 6.07) is 9.77. The minimum Gasteiger partial charge on any atom is -0.387 e. The summed E-state index contributed by atoms with van der Waals surface area (Å²) < 4.78 is 7.78. The molecule has 3 rings (SSSR count). The molecule has 1 amide bonds. The second-order valence-electron chi connectivity index (χ2n) is 6.17. The van der Waals surface area contributed by atoms with Crippen molar-refractivity contribution in [1.82, 2.24) is 19.0 Å². The number of benzene rings is 1. The highest BCUT2D eigenvalue weighted by molar-refractivity contribution is 6.99. The first-order chi connectivity index (χ1) is 11.7.